The number of likely N-dealkylation sites (tertiary alicyclic amines) is 1. The van der Waals surface area contributed by atoms with Crippen molar-refractivity contribution in [3.05, 3.63) is 66.0 Å². The van der Waals surface area contributed by atoms with E-state index in [-0.39, 0.29) is 40.1 Å². The van der Waals surface area contributed by atoms with Crippen LogP contribution in [0, 0.1) is 19.8 Å². The van der Waals surface area contributed by atoms with Gasteiger partial charge >= 0.3 is 0 Å². The summed E-state index contributed by atoms with van der Waals surface area (Å²) in [5, 5.41) is 9.40. The fraction of sp³-hybridized carbons (Fsp3) is 0.519. The minimum atomic E-state index is -1.46. The zero-order valence-corrected chi connectivity index (χ0v) is 23.2. The van der Waals surface area contributed by atoms with Gasteiger partial charge in [-0.15, -0.1) is 0 Å². The molecule has 1 aromatic heterocycles. The second kappa shape index (κ2) is 12.4. The molecule has 0 spiro atoms. The fourth-order valence-corrected chi connectivity index (χ4v) is 5.73. The molecule has 1 unspecified atom stereocenters. The van der Waals surface area contributed by atoms with Crippen molar-refractivity contribution in [1.29, 1.82) is 0 Å². The van der Waals surface area contributed by atoms with Crippen LogP contribution in [0.3, 0.4) is 0 Å². The summed E-state index contributed by atoms with van der Waals surface area (Å²) in [6.45, 7) is 8.23. The number of aromatic nitrogens is 1. The van der Waals surface area contributed by atoms with Crippen LogP contribution in [0.25, 0.3) is 0 Å². The number of benzene rings is 1. The highest BCUT2D eigenvalue weighted by Crippen LogP contribution is 2.43. The SMILES string of the molecule is CC.Cc1cc(C)c(CN2CCc3c(Cl)cc(C(F)C4CCN(C(=O)CO)CC4)c(Cl)c3C2=O)c(=O)[nH]1. The summed E-state index contributed by atoms with van der Waals surface area (Å²) in [5.74, 6) is -1.15. The van der Waals surface area contributed by atoms with Gasteiger partial charge in [-0.05, 0) is 62.3 Å². The van der Waals surface area contributed by atoms with Crippen LogP contribution in [-0.2, 0) is 17.8 Å². The first-order valence-corrected chi connectivity index (χ1v) is 13.4. The van der Waals surface area contributed by atoms with Crippen LogP contribution in [0.5, 0.6) is 0 Å². The first kappa shape index (κ1) is 29.1. The van der Waals surface area contributed by atoms with Crippen molar-refractivity contribution in [2.45, 2.75) is 59.7 Å². The number of alkyl halides is 1. The maximum Gasteiger partial charge on any atom is 0.256 e. The number of nitrogens with one attached hydrogen (secondary N) is 1. The molecule has 2 N–H and O–H groups in total. The number of aliphatic hydroxyl groups is 1. The highest BCUT2D eigenvalue weighted by molar-refractivity contribution is 6.37. The standard InChI is InChI=1S/C25H28Cl2FN3O4.C2H6/c1-13-9-14(2)29-24(34)18(13)11-31-8-5-16-19(26)10-17(22(27)21(16)25(31)35)23(28)15-3-6-30(7-4-15)20(33)12-32;1-2/h9-10,15,23,32H,3-8,11-12H2,1-2H3,(H,29,34);1-2H3. The number of piperidine rings is 1. The molecule has 1 aromatic carbocycles. The summed E-state index contributed by atoms with van der Waals surface area (Å²) in [5.41, 5.74) is 2.74. The molecule has 0 saturated carbocycles. The second-order valence-electron chi connectivity index (χ2n) is 9.31. The normalized spacial score (nSPS) is 16.7. The van der Waals surface area contributed by atoms with Crippen LogP contribution in [-0.4, -0.2) is 57.9 Å². The number of rotatable bonds is 5. The molecule has 37 heavy (non-hydrogen) atoms. The van der Waals surface area contributed by atoms with Crippen LogP contribution in [0.15, 0.2) is 16.9 Å². The third kappa shape index (κ3) is 6.02. The number of aryl methyl sites for hydroxylation is 2. The lowest BCUT2D eigenvalue weighted by molar-refractivity contribution is -0.135. The van der Waals surface area contributed by atoms with Gasteiger partial charge in [0.05, 0.1) is 17.1 Å². The molecule has 2 aliphatic rings. The molecule has 1 fully saturated rings. The van der Waals surface area contributed by atoms with E-state index in [9.17, 15) is 14.4 Å². The minimum Gasteiger partial charge on any atom is -0.387 e. The average Bonchev–Trinajstić information content (AvgIpc) is 2.89. The van der Waals surface area contributed by atoms with Gasteiger partial charge in [0, 0.05) is 41.5 Å². The molecule has 4 rings (SSSR count). The van der Waals surface area contributed by atoms with E-state index in [0.29, 0.717) is 55.0 Å². The molecule has 0 radical (unpaired) electrons. The Labute approximate surface area is 226 Å². The summed E-state index contributed by atoms with van der Waals surface area (Å²) in [6.07, 6.45) is -0.190. The van der Waals surface area contributed by atoms with Crippen LogP contribution in [0.2, 0.25) is 10.0 Å². The maximum absolute atomic E-state index is 15.7. The topological polar surface area (TPSA) is 93.7 Å². The summed E-state index contributed by atoms with van der Waals surface area (Å²) in [4.78, 5) is 43.5. The Morgan fingerprint density at radius 2 is 1.81 bits per heavy atom. The number of carbonyl (C=O) groups is 2. The largest absolute Gasteiger partial charge is 0.387 e. The molecule has 2 amide bonds. The third-order valence-electron chi connectivity index (χ3n) is 7.06. The van der Waals surface area contributed by atoms with E-state index in [4.69, 9.17) is 28.3 Å². The summed E-state index contributed by atoms with van der Waals surface area (Å²) in [7, 11) is 0. The highest BCUT2D eigenvalue weighted by atomic mass is 35.5. The molecule has 0 aliphatic carbocycles. The van der Waals surface area contributed by atoms with Gasteiger partial charge in [-0.25, -0.2) is 4.39 Å². The van der Waals surface area contributed by atoms with Gasteiger partial charge in [0.1, 0.15) is 12.8 Å². The van der Waals surface area contributed by atoms with E-state index in [1.54, 1.807) is 11.8 Å². The summed E-state index contributed by atoms with van der Waals surface area (Å²) < 4.78 is 15.7. The Kier molecular flexibility index (Phi) is 9.78. The van der Waals surface area contributed by atoms with Crippen molar-refractivity contribution in [2.75, 3.05) is 26.2 Å². The fourth-order valence-electron chi connectivity index (χ4n) is 5.07. The Bertz CT molecular complexity index is 1230. The zero-order chi connectivity index (χ0) is 27.4. The Balaban J connectivity index is 0.00000186. The monoisotopic (exact) mass is 553 g/mol. The average molecular weight is 554 g/mol. The first-order valence-electron chi connectivity index (χ1n) is 12.6. The number of fused-ring (bicyclic) bond motifs is 1. The number of hydrogen-bond acceptors (Lipinski definition) is 4. The van der Waals surface area contributed by atoms with E-state index in [1.165, 1.54) is 11.0 Å². The molecule has 202 valence electrons. The van der Waals surface area contributed by atoms with Gasteiger partial charge in [0.15, 0.2) is 0 Å². The lowest BCUT2D eigenvalue weighted by atomic mass is 9.86. The lowest BCUT2D eigenvalue weighted by Gasteiger charge is -2.34. The number of carbonyl (C=O) groups excluding carboxylic acids is 2. The molecule has 0 bridgehead atoms. The van der Waals surface area contributed by atoms with Crippen LogP contribution < -0.4 is 5.56 Å². The number of pyridine rings is 1. The first-order chi connectivity index (χ1) is 17.6. The quantitative estimate of drug-likeness (QED) is 0.557. The molecule has 7 nitrogen and oxygen atoms in total. The number of aliphatic hydroxyl groups excluding tert-OH is 1. The number of halogens is 3. The van der Waals surface area contributed by atoms with Crippen molar-refractivity contribution in [1.82, 2.24) is 14.8 Å². The van der Waals surface area contributed by atoms with Gasteiger partial charge < -0.3 is 19.9 Å². The Morgan fingerprint density at radius 3 is 2.41 bits per heavy atom. The number of nitrogens with zero attached hydrogens (tertiary/aromatic N) is 2. The number of amides is 2. The minimum absolute atomic E-state index is 0.0509. The van der Waals surface area contributed by atoms with E-state index < -0.39 is 18.7 Å². The van der Waals surface area contributed by atoms with Gasteiger partial charge in [-0.2, -0.15) is 0 Å². The van der Waals surface area contributed by atoms with Gasteiger partial charge in [0.2, 0.25) is 5.91 Å². The van der Waals surface area contributed by atoms with E-state index in [1.807, 2.05) is 26.8 Å². The van der Waals surface area contributed by atoms with Crippen molar-refractivity contribution < 1.29 is 19.1 Å². The Hall–Kier alpha value is -2.42. The zero-order valence-electron chi connectivity index (χ0n) is 21.7. The van der Waals surface area contributed by atoms with E-state index in [2.05, 4.69) is 4.98 Å². The van der Waals surface area contributed by atoms with Crippen LogP contribution >= 0.6 is 23.2 Å². The summed E-state index contributed by atoms with van der Waals surface area (Å²) in [6, 6.07) is 3.37. The van der Waals surface area contributed by atoms with Gasteiger partial charge in [-0.1, -0.05) is 37.0 Å². The molecule has 1 atom stereocenters. The van der Waals surface area contributed by atoms with Gasteiger partial charge in [-0.3, -0.25) is 14.4 Å². The molecule has 2 aromatic rings. The number of H-pyrrole nitrogens is 1. The van der Waals surface area contributed by atoms with Crippen molar-refractivity contribution >= 4 is 35.0 Å². The second-order valence-corrected chi connectivity index (χ2v) is 10.1. The molecule has 3 heterocycles. The summed E-state index contributed by atoms with van der Waals surface area (Å²) >= 11 is 13.1. The number of aromatic amines is 1. The van der Waals surface area contributed by atoms with Crippen molar-refractivity contribution in [3.63, 3.8) is 0 Å². The van der Waals surface area contributed by atoms with Crippen molar-refractivity contribution in [2.24, 2.45) is 5.92 Å². The third-order valence-corrected chi connectivity index (χ3v) is 7.80. The molecular formula is C27H34Cl2FN3O4. The number of hydrogen-bond donors (Lipinski definition) is 2. The van der Waals surface area contributed by atoms with Crippen LogP contribution in [0.1, 0.15) is 71.2 Å². The van der Waals surface area contributed by atoms with Crippen LogP contribution in [0.4, 0.5) is 4.39 Å². The predicted molar refractivity (Wildman–Crippen MR) is 143 cm³/mol. The predicted octanol–water partition coefficient (Wildman–Crippen LogP) is 4.76. The highest BCUT2D eigenvalue weighted by Gasteiger charge is 2.35. The van der Waals surface area contributed by atoms with E-state index >= 15 is 4.39 Å². The smallest absolute Gasteiger partial charge is 0.256 e. The maximum atomic E-state index is 15.7. The molecule has 1 saturated heterocycles. The van der Waals surface area contributed by atoms with Gasteiger partial charge in [0.25, 0.3) is 11.5 Å². The van der Waals surface area contributed by atoms with E-state index in [0.717, 1.165) is 11.3 Å². The Morgan fingerprint density at radius 1 is 1.16 bits per heavy atom. The molecule has 2 aliphatic heterocycles. The molecule has 10 heteroatoms. The lowest BCUT2D eigenvalue weighted by Crippen LogP contribution is -2.41. The van der Waals surface area contributed by atoms with Crippen molar-refractivity contribution in [3.8, 4) is 0 Å². The molecular weight excluding hydrogens is 520 g/mol.